The fourth-order valence-electron chi connectivity index (χ4n) is 2.48. The molecule has 0 spiro atoms. The maximum atomic E-state index is 12.2. The van der Waals surface area contributed by atoms with Crippen molar-refractivity contribution in [3.8, 4) is 0 Å². The zero-order valence-electron chi connectivity index (χ0n) is 12.5. The van der Waals surface area contributed by atoms with E-state index in [0.717, 1.165) is 10.6 Å². The summed E-state index contributed by atoms with van der Waals surface area (Å²) in [5, 5.41) is 1.81. The van der Waals surface area contributed by atoms with Crippen molar-refractivity contribution in [2.45, 2.75) is 12.5 Å². The summed E-state index contributed by atoms with van der Waals surface area (Å²) >= 11 is 12.0. The molecule has 2 aromatic carbocycles. The Morgan fingerprint density at radius 1 is 1.04 bits per heavy atom. The summed E-state index contributed by atoms with van der Waals surface area (Å²) in [5.74, 6) is -0.959. The lowest BCUT2D eigenvalue weighted by Gasteiger charge is -2.17. The lowest BCUT2D eigenvalue weighted by Crippen LogP contribution is -2.37. The van der Waals surface area contributed by atoms with E-state index in [0.29, 0.717) is 27.6 Å². The maximum Gasteiger partial charge on any atom is 0.285 e. The van der Waals surface area contributed by atoms with Gasteiger partial charge in [-0.05, 0) is 36.2 Å². The van der Waals surface area contributed by atoms with E-state index < -0.39 is 17.9 Å². The molecule has 1 aliphatic heterocycles. The van der Waals surface area contributed by atoms with Crippen LogP contribution in [0.5, 0.6) is 0 Å². The summed E-state index contributed by atoms with van der Waals surface area (Å²) in [6.07, 6.45) is 0.430. The molecular formula is C17H14Cl2N2O3. The summed E-state index contributed by atoms with van der Waals surface area (Å²) in [6, 6.07) is 11.3. The van der Waals surface area contributed by atoms with Crippen molar-refractivity contribution >= 4 is 35.0 Å². The fourth-order valence-corrected chi connectivity index (χ4v) is 2.97. The van der Waals surface area contributed by atoms with Gasteiger partial charge in [0.25, 0.3) is 11.8 Å². The summed E-state index contributed by atoms with van der Waals surface area (Å²) in [4.78, 5) is 29.7. The summed E-state index contributed by atoms with van der Waals surface area (Å²) in [5.41, 5.74) is 7.50. The lowest BCUT2D eigenvalue weighted by atomic mass is 10.1. The number of nitrogens with zero attached hydrogens (tertiary/aromatic N) is 1. The number of amides is 2. The number of carbonyl (C=O) groups is 2. The first-order chi connectivity index (χ1) is 11.5. The van der Waals surface area contributed by atoms with Crippen LogP contribution in [0.1, 0.15) is 26.3 Å². The van der Waals surface area contributed by atoms with E-state index in [-0.39, 0.29) is 6.61 Å². The zero-order valence-corrected chi connectivity index (χ0v) is 14.1. The minimum Gasteiger partial charge on any atom is -0.325 e. The topological polar surface area (TPSA) is 72.6 Å². The van der Waals surface area contributed by atoms with Gasteiger partial charge in [-0.25, -0.2) is 0 Å². The summed E-state index contributed by atoms with van der Waals surface area (Å²) in [7, 11) is 0. The van der Waals surface area contributed by atoms with Gasteiger partial charge in [-0.1, -0.05) is 41.4 Å². The Morgan fingerprint density at radius 2 is 1.67 bits per heavy atom. The van der Waals surface area contributed by atoms with Crippen LogP contribution in [0, 0.1) is 0 Å². The molecule has 0 radical (unpaired) electrons. The number of halogens is 2. The van der Waals surface area contributed by atoms with Crippen LogP contribution in [0.4, 0.5) is 0 Å². The highest BCUT2D eigenvalue weighted by molar-refractivity contribution is 6.35. The predicted octanol–water partition coefficient (Wildman–Crippen LogP) is 3.09. The van der Waals surface area contributed by atoms with Crippen LogP contribution in [0.2, 0.25) is 10.0 Å². The average Bonchev–Trinajstić information content (AvgIpc) is 2.80. The van der Waals surface area contributed by atoms with E-state index in [1.54, 1.807) is 42.5 Å². The Morgan fingerprint density at radius 3 is 2.25 bits per heavy atom. The highest BCUT2D eigenvalue weighted by Crippen LogP contribution is 2.24. The largest absolute Gasteiger partial charge is 0.325 e. The normalized spacial score (nSPS) is 14.9. The van der Waals surface area contributed by atoms with Crippen molar-refractivity contribution in [2.75, 3.05) is 6.61 Å². The third-order valence-corrected chi connectivity index (χ3v) is 4.26. The molecule has 7 heteroatoms. The predicted molar refractivity (Wildman–Crippen MR) is 91.0 cm³/mol. The van der Waals surface area contributed by atoms with Gasteiger partial charge >= 0.3 is 0 Å². The second-order valence-electron chi connectivity index (χ2n) is 5.45. The van der Waals surface area contributed by atoms with E-state index in [1.807, 2.05) is 0 Å². The minimum absolute atomic E-state index is 0.00439. The molecule has 5 nitrogen and oxygen atoms in total. The molecule has 0 fully saturated rings. The van der Waals surface area contributed by atoms with Crippen molar-refractivity contribution in [2.24, 2.45) is 5.73 Å². The van der Waals surface area contributed by atoms with Gasteiger partial charge in [0.1, 0.15) is 0 Å². The van der Waals surface area contributed by atoms with Crippen LogP contribution >= 0.6 is 23.2 Å². The van der Waals surface area contributed by atoms with Gasteiger partial charge in [-0.15, -0.1) is 5.06 Å². The molecule has 2 N–H and O–H groups in total. The number of imide groups is 1. The maximum absolute atomic E-state index is 12.2. The number of benzene rings is 2. The molecule has 0 aromatic heterocycles. The Bertz CT molecular complexity index is 775. The fraction of sp³-hybridized carbons (Fsp3) is 0.176. The SMILES string of the molecule is N[C@@H](CON1C(=O)c2ccccc2C1=O)Cc1ccc(Cl)cc1Cl. The number of hydrogen-bond acceptors (Lipinski definition) is 4. The van der Waals surface area contributed by atoms with Crippen LogP contribution in [0.25, 0.3) is 0 Å². The molecule has 2 aromatic rings. The Labute approximate surface area is 148 Å². The number of hydrogen-bond donors (Lipinski definition) is 1. The monoisotopic (exact) mass is 364 g/mol. The summed E-state index contributed by atoms with van der Waals surface area (Å²) in [6.45, 7) is 0.00439. The molecule has 3 rings (SSSR count). The third-order valence-electron chi connectivity index (χ3n) is 3.67. The van der Waals surface area contributed by atoms with E-state index >= 15 is 0 Å². The van der Waals surface area contributed by atoms with Crippen LogP contribution < -0.4 is 5.73 Å². The molecule has 0 bridgehead atoms. The number of nitrogens with two attached hydrogens (primary N) is 1. The zero-order chi connectivity index (χ0) is 17.3. The molecule has 24 heavy (non-hydrogen) atoms. The highest BCUT2D eigenvalue weighted by Gasteiger charge is 2.36. The minimum atomic E-state index is -0.479. The van der Waals surface area contributed by atoms with Crippen LogP contribution in [0.15, 0.2) is 42.5 Å². The van der Waals surface area contributed by atoms with E-state index in [4.69, 9.17) is 33.8 Å². The first kappa shape index (κ1) is 16.9. The van der Waals surface area contributed by atoms with Gasteiger partial charge in [0.15, 0.2) is 0 Å². The van der Waals surface area contributed by atoms with Crippen LogP contribution in [0.3, 0.4) is 0 Å². The average molecular weight is 365 g/mol. The van der Waals surface area contributed by atoms with Gasteiger partial charge in [0.05, 0.1) is 17.7 Å². The molecular weight excluding hydrogens is 351 g/mol. The number of rotatable bonds is 5. The molecule has 0 saturated heterocycles. The van der Waals surface area contributed by atoms with Crippen molar-refractivity contribution in [1.82, 2.24) is 5.06 Å². The molecule has 1 aliphatic rings. The van der Waals surface area contributed by atoms with E-state index in [9.17, 15) is 9.59 Å². The Hall–Kier alpha value is -1.92. The number of fused-ring (bicyclic) bond motifs is 1. The smallest absolute Gasteiger partial charge is 0.285 e. The molecule has 1 heterocycles. The highest BCUT2D eigenvalue weighted by atomic mass is 35.5. The molecule has 0 aliphatic carbocycles. The lowest BCUT2D eigenvalue weighted by molar-refractivity contribution is -0.0951. The number of carbonyl (C=O) groups excluding carboxylic acids is 2. The van der Waals surface area contributed by atoms with Gasteiger partial charge in [0.2, 0.25) is 0 Å². The molecule has 0 unspecified atom stereocenters. The van der Waals surface area contributed by atoms with E-state index in [1.165, 1.54) is 0 Å². The Balaban J connectivity index is 1.62. The standard InChI is InChI=1S/C17H14Cl2N2O3/c18-11-6-5-10(15(19)8-11)7-12(20)9-24-21-16(22)13-3-1-2-4-14(13)17(21)23/h1-6,8,12H,7,9,20H2/t12-/m1/s1. The van der Waals surface area contributed by atoms with Gasteiger partial charge in [0, 0.05) is 16.1 Å². The van der Waals surface area contributed by atoms with Crippen molar-refractivity contribution in [1.29, 1.82) is 0 Å². The van der Waals surface area contributed by atoms with Crippen LogP contribution in [-0.4, -0.2) is 29.5 Å². The third kappa shape index (κ3) is 3.30. The molecule has 1 atom stereocenters. The van der Waals surface area contributed by atoms with Crippen molar-refractivity contribution < 1.29 is 14.4 Å². The quantitative estimate of drug-likeness (QED) is 0.827. The second-order valence-corrected chi connectivity index (χ2v) is 6.29. The van der Waals surface area contributed by atoms with Gasteiger partial charge in [-0.2, -0.15) is 0 Å². The van der Waals surface area contributed by atoms with Crippen LogP contribution in [-0.2, 0) is 11.3 Å². The molecule has 124 valence electrons. The van der Waals surface area contributed by atoms with E-state index in [2.05, 4.69) is 0 Å². The second kappa shape index (κ2) is 6.91. The van der Waals surface area contributed by atoms with Crippen molar-refractivity contribution in [3.63, 3.8) is 0 Å². The first-order valence-corrected chi connectivity index (χ1v) is 8.03. The van der Waals surface area contributed by atoms with Gasteiger partial charge in [-0.3, -0.25) is 14.4 Å². The first-order valence-electron chi connectivity index (χ1n) is 7.27. The van der Waals surface area contributed by atoms with Crippen molar-refractivity contribution in [3.05, 3.63) is 69.2 Å². The number of hydroxylamine groups is 2. The van der Waals surface area contributed by atoms with Gasteiger partial charge < -0.3 is 5.73 Å². The Kier molecular flexibility index (Phi) is 4.87. The molecule has 2 amide bonds. The summed E-state index contributed by atoms with van der Waals surface area (Å²) < 4.78 is 0. The molecule has 0 saturated carbocycles.